The lowest BCUT2D eigenvalue weighted by molar-refractivity contribution is 0.218. The van der Waals surface area contributed by atoms with Crippen LogP contribution in [0, 0.1) is 34.6 Å². The van der Waals surface area contributed by atoms with Crippen molar-refractivity contribution >= 4 is 11.6 Å². The van der Waals surface area contributed by atoms with Crippen molar-refractivity contribution in [1.29, 1.82) is 0 Å². The zero-order chi connectivity index (χ0) is 15.0. The molecule has 106 valence electrons. The second-order valence-electron chi connectivity index (χ2n) is 5.46. The normalized spacial score (nSPS) is 12.6. The summed E-state index contributed by atoms with van der Waals surface area (Å²) < 4.78 is 0. The van der Waals surface area contributed by atoms with E-state index in [1.807, 2.05) is 24.3 Å². The average Bonchev–Trinajstić information content (AvgIpc) is 2.43. The fourth-order valence-corrected chi connectivity index (χ4v) is 3.03. The van der Waals surface area contributed by atoms with E-state index >= 15 is 0 Å². The summed E-state index contributed by atoms with van der Waals surface area (Å²) in [6, 6.07) is 7.49. The highest BCUT2D eigenvalue weighted by Gasteiger charge is 2.21. The third-order valence-corrected chi connectivity index (χ3v) is 4.88. The molecule has 0 aliphatic carbocycles. The lowest BCUT2D eigenvalue weighted by atomic mass is 9.85. The van der Waals surface area contributed by atoms with Crippen LogP contribution < -0.4 is 0 Å². The fourth-order valence-electron chi connectivity index (χ4n) is 2.79. The van der Waals surface area contributed by atoms with Crippen LogP contribution in [0.1, 0.15) is 45.0 Å². The van der Waals surface area contributed by atoms with Crippen molar-refractivity contribution in [2.75, 3.05) is 0 Å². The van der Waals surface area contributed by atoms with Crippen LogP contribution in [0.3, 0.4) is 0 Å². The SMILES string of the molecule is Cc1c(C)c(C)c(C(O)c2ccccc2Cl)c(C)c1C. The molecule has 0 fully saturated rings. The van der Waals surface area contributed by atoms with Gasteiger partial charge in [-0.25, -0.2) is 0 Å². The lowest BCUT2D eigenvalue weighted by Crippen LogP contribution is -2.09. The molecule has 0 aliphatic heterocycles. The largest absolute Gasteiger partial charge is 0.384 e. The van der Waals surface area contributed by atoms with Crippen molar-refractivity contribution in [2.24, 2.45) is 0 Å². The number of hydrogen-bond acceptors (Lipinski definition) is 1. The third kappa shape index (κ3) is 2.36. The maximum absolute atomic E-state index is 10.8. The van der Waals surface area contributed by atoms with E-state index in [2.05, 4.69) is 34.6 Å². The molecule has 20 heavy (non-hydrogen) atoms. The summed E-state index contributed by atoms with van der Waals surface area (Å²) in [4.78, 5) is 0. The number of aliphatic hydroxyl groups is 1. The van der Waals surface area contributed by atoms with Crippen LogP contribution in [0.15, 0.2) is 24.3 Å². The van der Waals surface area contributed by atoms with Crippen LogP contribution in [-0.4, -0.2) is 5.11 Å². The van der Waals surface area contributed by atoms with E-state index in [0.717, 1.165) is 22.3 Å². The number of halogens is 1. The Kier molecular flexibility index (Phi) is 4.22. The monoisotopic (exact) mass is 288 g/mol. The van der Waals surface area contributed by atoms with Gasteiger partial charge in [0.1, 0.15) is 6.10 Å². The molecule has 0 saturated carbocycles. The highest BCUT2D eigenvalue weighted by Crippen LogP contribution is 2.35. The minimum atomic E-state index is -0.679. The van der Waals surface area contributed by atoms with Gasteiger partial charge < -0.3 is 5.11 Å². The summed E-state index contributed by atoms with van der Waals surface area (Å²) in [6.45, 7) is 10.5. The Labute approximate surface area is 126 Å². The molecule has 0 heterocycles. The predicted molar refractivity (Wildman–Crippen MR) is 85.6 cm³/mol. The molecule has 0 aromatic heterocycles. The predicted octanol–water partition coefficient (Wildman–Crippen LogP) is 4.96. The summed E-state index contributed by atoms with van der Waals surface area (Å²) in [5.74, 6) is 0. The van der Waals surface area contributed by atoms with Gasteiger partial charge in [-0.15, -0.1) is 0 Å². The number of rotatable bonds is 2. The van der Waals surface area contributed by atoms with E-state index in [0.29, 0.717) is 5.02 Å². The van der Waals surface area contributed by atoms with Gasteiger partial charge in [0.25, 0.3) is 0 Å². The first kappa shape index (κ1) is 15.1. The van der Waals surface area contributed by atoms with Crippen molar-refractivity contribution in [3.8, 4) is 0 Å². The Hall–Kier alpha value is -1.31. The average molecular weight is 289 g/mol. The Morgan fingerprint density at radius 3 is 1.75 bits per heavy atom. The molecule has 0 amide bonds. The molecule has 0 spiro atoms. The Bertz CT molecular complexity index is 630. The molecule has 0 bridgehead atoms. The second kappa shape index (κ2) is 5.59. The summed E-state index contributed by atoms with van der Waals surface area (Å²) in [5.41, 5.74) is 7.84. The molecule has 1 unspecified atom stereocenters. The molecule has 1 N–H and O–H groups in total. The van der Waals surface area contributed by atoms with Crippen LogP contribution in [0.25, 0.3) is 0 Å². The molecule has 2 aromatic rings. The number of benzene rings is 2. The highest BCUT2D eigenvalue weighted by molar-refractivity contribution is 6.31. The number of aliphatic hydroxyl groups excluding tert-OH is 1. The van der Waals surface area contributed by atoms with E-state index in [1.165, 1.54) is 16.7 Å². The van der Waals surface area contributed by atoms with Gasteiger partial charge in [0.05, 0.1) is 0 Å². The molecule has 0 aliphatic rings. The topological polar surface area (TPSA) is 20.2 Å². The van der Waals surface area contributed by atoms with E-state index in [9.17, 15) is 5.11 Å². The highest BCUT2D eigenvalue weighted by atomic mass is 35.5. The Morgan fingerprint density at radius 1 is 0.800 bits per heavy atom. The van der Waals surface area contributed by atoms with Crippen molar-refractivity contribution in [2.45, 2.75) is 40.7 Å². The van der Waals surface area contributed by atoms with Crippen molar-refractivity contribution in [1.82, 2.24) is 0 Å². The van der Waals surface area contributed by atoms with Crippen LogP contribution >= 0.6 is 11.6 Å². The summed E-state index contributed by atoms with van der Waals surface area (Å²) in [6.07, 6.45) is -0.679. The van der Waals surface area contributed by atoms with Gasteiger partial charge in [-0.3, -0.25) is 0 Å². The maximum atomic E-state index is 10.8. The van der Waals surface area contributed by atoms with Crippen LogP contribution in [0.4, 0.5) is 0 Å². The van der Waals surface area contributed by atoms with Crippen LogP contribution in [0.2, 0.25) is 5.02 Å². The second-order valence-corrected chi connectivity index (χ2v) is 5.87. The first-order valence-corrected chi connectivity index (χ1v) is 7.23. The smallest absolute Gasteiger partial charge is 0.106 e. The zero-order valence-corrected chi connectivity index (χ0v) is 13.5. The zero-order valence-electron chi connectivity index (χ0n) is 12.7. The minimum absolute atomic E-state index is 0.606. The van der Waals surface area contributed by atoms with Gasteiger partial charge in [0.15, 0.2) is 0 Å². The van der Waals surface area contributed by atoms with E-state index < -0.39 is 6.10 Å². The lowest BCUT2D eigenvalue weighted by Gasteiger charge is -2.23. The van der Waals surface area contributed by atoms with E-state index in [-0.39, 0.29) is 0 Å². The minimum Gasteiger partial charge on any atom is -0.384 e. The van der Waals surface area contributed by atoms with Crippen molar-refractivity contribution in [3.63, 3.8) is 0 Å². The standard InChI is InChI=1S/C18H21ClO/c1-10-11(2)13(4)17(14(5)12(10)3)18(20)15-8-6-7-9-16(15)19/h6-9,18,20H,1-5H3. The molecular weight excluding hydrogens is 268 g/mol. The van der Waals surface area contributed by atoms with Crippen LogP contribution in [-0.2, 0) is 0 Å². The van der Waals surface area contributed by atoms with Crippen molar-refractivity contribution < 1.29 is 5.11 Å². The first-order chi connectivity index (χ1) is 9.36. The fraction of sp³-hybridized carbons (Fsp3) is 0.333. The van der Waals surface area contributed by atoms with Gasteiger partial charge >= 0.3 is 0 Å². The molecular formula is C18H21ClO. The third-order valence-electron chi connectivity index (χ3n) is 4.53. The van der Waals surface area contributed by atoms with Gasteiger partial charge in [-0.1, -0.05) is 29.8 Å². The van der Waals surface area contributed by atoms with Gasteiger partial charge in [-0.2, -0.15) is 0 Å². The van der Waals surface area contributed by atoms with E-state index in [1.54, 1.807) is 0 Å². The van der Waals surface area contributed by atoms with Gasteiger partial charge in [-0.05, 0) is 74.1 Å². The quantitative estimate of drug-likeness (QED) is 0.828. The summed E-state index contributed by atoms with van der Waals surface area (Å²) in [5, 5.41) is 11.4. The Balaban J connectivity index is 2.68. The number of hydrogen-bond donors (Lipinski definition) is 1. The molecule has 2 heteroatoms. The molecule has 0 saturated heterocycles. The van der Waals surface area contributed by atoms with Gasteiger partial charge in [0, 0.05) is 10.6 Å². The van der Waals surface area contributed by atoms with E-state index in [4.69, 9.17) is 11.6 Å². The Morgan fingerprint density at radius 2 is 1.25 bits per heavy atom. The van der Waals surface area contributed by atoms with Crippen LogP contribution in [0.5, 0.6) is 0 Å². The maximum Gasteiger partial charge on any atom is 0.106 e. The molecule has 2 aromatic carbocycles. The summed E-state index contributed by atoms with van der Waals surface area (Å²) >= 11 is 6.22. The molecule has 2 rings (SSSR count). The van der Waals surface area contributed by atoms with Crippen molar-refractivity contribution in [3.05, 3.63) is 68.2 Å². The summed E-state index contributed by atoms with van der Waals surface area (Å²) in [7, 11) is 0. The molecule has 0 radical (unpaired) electrons. The van der Waals surface area contributed by atoms with Gasteiger partial charge in [0.2, 0.25) is 0 Å². The molecule has 1 nitrogen and oxygen atoms in total. The molecule has 1 atom stereocenters. The first-order valence-electron chi connectivity index (χ1n) is 6.85.